The van der Waals surface area contributed by atoms with Crippen molar-refractivity contribution in [2.45, 2.75) is 6.92 Å². The fourth-order valence-electron chi connectivity index (χ4n) is 2.61. The number of aryl methyl sites for hydroxylation is 1. The molecule has 1 saturated heterocycles. The van der Waals surface area contributed by atoms with E-state index in [4.69, 9.17) is 17.0 Å². The minimum absolute atomic E-state index is 0.00635. The molecule has 0 spiro atoms. The highest BCUT2D eigenvalue weighted by atomic mass is 79.9. The molecule has 0 aromatic heterocycles. The second kappa shape index (κ2) is 7.92. The quantitative estimate of drug-likeness (QED) is 0.379. The van der Waals surface area contributed by atoms with Crippen molar-refractivity contribution in [3.05, 3.63) is 62.0 Å². The van der Waals surface area contributed by atoms with E-state index in [1.807, 2.05) is 19.1 Å². The molecule has 1 fully saturated rings. The van der Waals surface area contributed by atoms with Crippen LogP contribution in [-0.4, -0.2) is 24.0 Å². The van der Waals surface area contributed by atoms with E-state index in [2.05, 4.69) is 37.2 Å². The van der Waals surface area contributed by atoms with E-state index in [9.17, 15) is 9.59 Å². The Labute approximate surface area is 178 Å². The summed E-state index contributed by atoms with van der Waals surface area (Å²) < 4.78 is 6.67. The molecule has 1 N–H and O–H groups in total. The fourth-order valence-corrected chi connectivity index (χ4v) is 4.44. The van der Waals surface area contributed by atoms with Gasteiger partial charge in [-0.3, -0.25) is 19.8 Å². The Bertz CT molecular complexity index is 964. The molecular weight excluding hydrogens is 496 g/mol. The first kappa shape index (κ1) is 19.7. The second-order valence-corrected chi connectivity index (χ2v) is 7.91. The number of ether oxygens (including phenoxy) is 1. The molecule has 0 aliphatic carbocycles. The Kier molecular flexibility index (Phi) is 5.78. The van der Waals surface area contributed by atoms with Gasteiger partial charge in [0.2, 0.25) is 0 Å². The number of hydrogen-bond acceptors (Lipinski definition) is 4. The molecule has 5 nitrogen and oxygen atoms in total. The maximum absolute atomic E-state index is 13.0. The number of nitrogens with zero attached hydrogens (tertiary/aromatic N) is 1. The van der Waals surface area contributed by atoms with Crippen LogP contribution in [-0.2, 0) is 9.59 Å². The summed E-state index contributed by atoms with van der Waals surface area (Å²) in [6.45, 7) is 1.95. The maximum atomic E-state index is 13.0. The molecule has 2 aromatic rings. The molecule has 0 bridgehead atoms. The topological polar surface area (TPSA) is 58.6 Å². The standard InChI is InChI=1S/C19H14Br2N2O3S/c1-10-3-5-12(6-4-10)23-18(25)13(17(24)22-19(23)27)7-11-8-14(20)16(26-2)15(21)9-11/h3-9H,1-2H3,(H,22,24,27)/b13-7+. The molecule has 0 saturated carbocycles. The van der Waals surface area contributed by atoms with Crippen molar-refractivity contribution in [3.63, 3.8) is 0 Å². The summed E-state index contributed by atoms with van der Waals surface area (Å²) in [5.41, 5.74) is 2.30. The number of hydrogen-bond donors (Lipinski definition) is 1. The molecule has 3 rings (SSSR count). The van der Waals surface area contributed by atoms with Gasteiger partial charge in [-0.15, -0.1) is 0 Å². The third-order valence-corrected chi connectivity index (χ3v) is 5.39. The molecule has 138 valence electrons. The van der Waals surface area contributed by atoms with Crippen molar-refractivity contribution >= 4 is 72.8 Å². The van der Waals surface area contributed by atoms with Gasteiger partial charge in [0.25, 0.3) is 11.8 Å². The van der Waals surface area contributed by atoms with Crippen LogP contribution < -0.4 is 15.0 Å². The van der Waals surface area contributed by atoms with E-state index in [0.717, 1.165) is 5.56 Å². The molecule has 27 heavy (non-hydrogen) atoms. The van der Waals surface area contributed by atoms with Crippen molar-refractivity contribution in [1.82, 2.24) is 5.32 Å². The Morgan fingerprint density at radius 1 is 1.11 bits per heavy atom. The molecule has 0 atom stereocenters. The number of nitrogens with one attached hydrogen (secondary N) is 1. The van der Waals surface area contributed by atoms with Gasteiger partial charge >= 0.3 is 0 Å². The average Bonchev–Trinajstić information content (AvgIpc) is 2.60. The van der Waals surface area contributed by atoms with Gasteiger partial charge in [0.1, 0.15) is 11.3 Å². The average molecular weight is 510 g/mol. The molecule has 0 radical (unpaired) electrons. The molecule has 8 heteroatoms. The highest BCUT2D eigenvalue weighted by molar-refractivity contribution is 9.11. The van der Waals surface area contributed by atoms with E-state index >= 15 is 0 Å². The SMILES string of the molecule is COc1c(Br)cc(/C=C2\C(=O)NC(=S)N(c3ccc(C)cc3)C2=O)cc1Br. The molecule has 2 aromatic carbocycles. The van der Waals surface area contributed by atoms with Gasteiger partial charge in [-0.25, -0.2) is 0 Å². The fraction of sp³-hybridized carbons (Fsp3) is 0.105. The van der Waals surface area contributed by atoms with E-state index in [0.29, 0.717) is 25.9 Å². The summed E-state index contributed by atoms with van der Waals surface area (Å²) in [4.78, 5) is 26.7. The van der Waals surface area contributed by atoms with Crippen molar-refractivity contribution in [2.75, 3.05) is 12.0 Å². The van der Waals surface area contributed by atoms with Gasteiger partial charge in [-0.1, -0.05) is 17.7 Å². The number of methoxy groups -OCH3 is 1. The van der Waals surface area contributed by atoms with Crippen LogP contribution in [0.25, 0.3) is 6.08 Å². The zero-order chi connectivity index (χ0) is 19.7. The van der Waals surface area contributed by atoms with Gasteiger partial charge in [-0.05, 0) is 86.9 Å². The number of benzene rings is 2. The lowest BCUT2D eigenvalue weighted by atomic mass is 10.1. The summed E-state index contributed by atoms with van der Waals surface area (Å²) >= 11 is 12.0. The van der Waals surface area contributed by atoms with Crippen LogP contribution in [0.2, 0.25) is 0 Å². The van der Waals surface area contributed by atoms with E-state index in [-0.39, 0.29) is 10.7 Å². The van der Waals surface area contributed by atoms with Crippen LogP contribution in [0.5, 0.6) is 5.75 Å². The third kappa shape index (κ3) is 3.97. The predicted octanol–water partition coefficient (Wildman–Crippen LogP) is 4.36. The van der Waals surface area contributed by atoms with Crippen molar-refractivity contribution in [3.8, 4) is 5.75 Å². The summed E-state index contributed by atoms with van der Waals surface area (Å²) in [5, 5.41) is 2.63. The Balaban J connectivity index is 2.03. The Morgan fingerprint density at radius 3 is 2.26 bits per heavy atom. The largest absolute Gasteiger partial charge is 0.494 e. The number of rotatable bonds is 3. The summed E-state index contributed by atoms with van der Waals surface area (Å²) in [6.07, 6.45) is 1.52. The van der Waals surface area contributed by atoms with Gasteiger partial charge in [0.05, 0.1) is 21.7 Å². The predicted molar refractivity (Wildman–Crippen MR) is 116 cm³/mol. The maximum Gasteiger partial charge on any atom is 0.270 e. The van der Waals surface area contributed by atoms with Crippen LogP contribution in [0.1, 0.15) is 11.1 Å². The number of thiocarbonyl (C=S) groups is 1. The van der Waals surface area contributed by atoms with Crippen molar-refractivity contribution in [1.29, 1.82) is 0 Å². The van der Waals surface area contributed by atoms with Gasteiger partial charge in [0, 0.05) is 0 Å². The summed E-state index contributed by atoms with van der Waals surface area (Å²) in [6, 6.07) is 10.9. The number of halogens is 2. The number of carbonyl (C=O) groups excluding carboxylic acids is 2. The second-order valence-electron chi connectivity index (χ2n) is 5.81. The van der Waals surface area contributed by atoms with Crippen LogP contribution in [0.3, 0.4) is 0 Å². The van der Waals surface area contributed by atoms with Crippen LogP contribution in [0.4, 0.5) is 5.69 Å². The molecule has 1 heterocycles. The lowest BCUT2D eigenvalue weighted by molar-refractivity contribution is -0.122. The van der Waals surface area contributed by atoms with Gasteiger partial charge < -0.3 is 4.74 Å². The molecule has 1 aliphatic heterocycles. The van der Waals surface area contributed by atoms with Crippen molar-refractivity contribution < 1.29 is 14.3 Å². The molecular formula is C19H14Br2N2O3S. The van der Waals surface area contributed by atoms with E-state index < -0.39 is 11.8 Å². The lowest BCUT2D eigenvalue weighted by Gasteiger charge is -2.29. The monoisotopic (exact) mass is 508 g/mol. The summed E-state index contributed by atoms with van der Waals surface area (Å²) in [5.74, 6) is -0.383. The van der Waals surface area contributed by atoms with Crippen LogP contribution >= 0.6 is 44.1 Å². The normalized spacial score (nSPS) is 15.9. The Morgan fingerprint density at radius 2 is 1.70 bits per heavy atom. The number of carbonyl (C=O) groups is 2. The van der Waals surface area contributed by atoms with E-state index in [1.165, 1.54) is 11.0 Å². The minimum Gasteiger partial charge on any atom is -0.494 e. The highest BCUT2D eigenvalue weighted by Gasteiger charge is 2.34. The molecule has 2 amide bonds. The smallest absolute Gasteiger partial charge is 0.270 e. The minimum atomic E-state index is -0.531. The first-order chi connectivity index (χ1) is 12.8. The highest BCUT2D eigenvalue weighted by Crippen LogP contribution is 2.35. The van der Waals surface area contributed by atoms with Crippen LogP contribution in [0, 0.1) is 6.92 Å². The molecule has 0 unspecified atom stereocenters. The van der Waals surface area contributed by atoms with Crippen LogP contribution in [0.15, 0.2) is 50.9 Å². The van der Waals surface area contributed by atoms with E-state index in [1.54, 1.807) is 31.4 Å². The Hall–Kier alpha value is -2.03. The first-order valence-corrected chi connectivity index (χ1v) is 9.82. The van der Waals surface area contributed by atoms with Crippen molar-refractivity contribution in [2.24, 2.45) is 0 Å². The summed E-state index contributed by atoms with van der Waals surface area (Å²) in [7, 11) is 1.56. The number of anilines is 1. The third-order valence-electron chi connectivity index (χ3n) is 3.93. The first-order valence-electron chi connectivity index (χ1n) is 7.83. The zero-order valence-corrected chi connectivity index (χ0v) is 18.4. The lowest BCUT2D eigenvalue weighted by Crippen LogP contribution is -2.54. The molecule has 1 aliphatic rings. The zero-order valence-electron chi connectivity index (χ0n) is 14.4. The van der Waals surface area contributed by atoms with Gasteiger partial charge in [-0.2, -0.15) is 0 Å². The van der Waals surface area contributed by atoms with Gasteiger partial charge in [0.15, 0.2) is 5.11 Å². The number of amides is 2.